The highest BCUT2D eigenvalue weighted by atomic mass is 16.3. The number of hydrogen-bond acceptors (Lipinski definition) is 3. The summed E-state index contributed by atoms with van der Waals surface area (Å²) in [5, 5.41) is 8.93. The van der Waals surface area contributed by atoms with E-state index in [0.717, 1.165) is 26.2 Å². The normalized spacial score (nSPS) is 21.2. The van der Waals surface area contributed by atoms with Crippen LogP contribution >= 0.6 is 0 Å². The smallest absolute Gasteiger partial charge is 0.0558 e. The fraction of sp³-hybridized carbons (Fsp3) is 0.571. The van der Waals surface area contributed by atoms with Crippen LogP contribution in [0.4, 0.5) is 0 Å². The molecule has 1 atom stereocenters. The number of β-amino-alcohol motifs (C(OH)–C–C–N with tert-alkyl or cyclic N) is 1. The molecule has 17 heavy (non-hydrogen) atoms. The summed E-state index contributed by atoms with van der Waals surface area (Å²) >= 11 is 0. The van der Waals surface area contributed by atoms with Crippen LogP contribution in [0.3, 0.4) is 0 Å². The Hall–Kier alpha value is -0.900. The van der Waals surface area contributed by atoms with Gasteiger partial charge in [0.1, 0.15) is 0 Å². The molecule has 0 radical (unpaired) electrons. The quantitative estimate of drug-likeness (QED) is 0.829. The fourth-order valence-corrected chi connectivity index (χ4v) is 2.52. The minimum absolute atomic E-state index is 0.273. The van der Waals surface area contributed by atoms with E-state index in [1.165, 1.54) is 12.0 Å². The van der Waals surface area contributed by atoms with Crippen molar-refractivity contribution in [2.75, 3.05) is 33.3 Å². The molecule has 1 aliphatic heterocycles. The molecule has 3 heteroatoms. The zero-order valence-electron chi connectivity index (χ0n) is 10.5. The second-order valence-electron chi connectivity index (χ2n) is 4.87. The Morgan fingerprint density at radius 3 is 2.82 bits per heavy atom. The lowest BCUT2D eigenvalue weighted by Gasteiger charge is -2.24. The number of aliphatic hydroxyl groups is 1. The van der Waals surface area contributed by atoms with Crippen LogP contribution in [0.15, 0.2) is 30.3 Å². The zero-order chi connectivity index (χ0) is 12.1. The summed E-state index contributed by atoms with van der Waals surface area (Å²) in [7, 11) is 2.19. The maximum Gasteiger partial charge on any atom is 0.0558 e. The Kier molecular flexibility index (Phi) is 4.54. The first-order chi connectivity index (χ1) is 8.29. The molecular formula is C14H22N2O. The van der Waals surface area contributed by atoms with Crippen molar-refractivity contribution in [3.63, 3.8) is 0 Å². The van der Waals surface area contributed by atoms with Crippen molar-refractivity contribution >= 4 is 0 Å². The van der Waals surface area contributed by atoms with Crippen molar-refractivity contribution in [3.05, 3.63) is 35.9 Å². The van der Waals surface area contributed by atoms with Crippen molar-refractivity contribution in [3.8, 4) is 0 Å². The van der Waals surface area contributed by atoms with E-state index < -0.39 is 0 Å². The molecule has 1 N–H and O–H groups in total. The van der Waals surface area contributed by atoms with E-state index in [1.807, 2.05) is 0 Å². The van der Waals surface area contributed by atoms with Crippen molar-refractivity contribution < 1.29 is 5.11 Å². The third-order valence-electron chi connectivity index (χ3n) is 3.56. The van der Waals surface area contributed by atoms with E-state index in [9.17, 15) is 0 Å². The van der Waals surface area contributed by atoms with Crippen molar-refractivity contribution in [2.45, 2.75) is 19.0 Å². The van der Waals surface area contributed by atoms with E-state index in [2.05, 4.69) is 47.2 Å². The lowest BCUT2D eigenvalue weighted by atomic mass is 10.1. The van der Waals surface area contributed by atoms with Gasteiger partial charge in [-0.3, -0.25) is 9.80 Å². The Labute approximate surface area is 104 Å². The van der Waals surface area contributed by atoms with Gasteiger partial charge in [0.15, 0.2) is 0 Å². The lowest BCUT2D eigenvalue weighted by Crippen LogP contribution is -2.34. The molecule has 0 spiro atoms. The van der Waals surface area contributed by atoms with Gasteiger partial charge in [-0.25, -0.2) is 0 Å². The molecule has 1 aromatic carbocycles. The number of likely N-dealkylation sites (N-methyl/N-ethyl adjacent to an activating group) is 1. The minimum Gasteiger partial charge on any atom is -0.395 e. The highest BCUT2D eigenvalue weighted by molar-refractivity contribution is 5.14. The monoisotopic (exact) mass is 234 g/mol. The van der Waals surface area contributed by atoms with Crippen LogP contribution in [-0.4, -0.2) is 54.2 Å². The molecule has 1 aliphatic rings. The predicted molar refractivity (Wildman–Crippen MR) is 69.8 cm³/mol. The number of aliphatic hydroxyl groups excluding tert-OH is 1. The van der Waals surface area contributed by atoms with Crippen molar-refractivity contribution in [2.24, 2.45) is 0 Å². The van der Waals surface area contributed by atoms with Gasteiger partial charge in [0.25, 0.3) is 0 Å². The average molecular weight is 234 g/mol. The molecule has 1 aromatic rings. The molecule has 3 nitrogen and oxygen atoms in total. The number of likely N-dealkylation sites (tertiary alicyclic amines) is 1. The largest absolute Gasteiger partial charge is 0.395 e. The molecule has 0 aliphatic carbocycles. The third kappa shape index (κ3) is 3.53. The van der Waals surface area contributed by atoms with Gasteiger partial charge in [0, 0.05) is 25.7 Å². The number of nitrogens with zero attached hydrogens (tertiary/aromatic N) is 2. The summed E-state index contributed by atoms with van der Waals surface area (Å²) in [5.74, 6) is 0. The summed E-state index contributed by atoms with van der Waals surface area (Å²) in [6.45, 7) is 4.30. The Morgan fingerprint density at radius 1 is 1.35 bits per heavy atom. The summed E-state index contributed by atoms with van der Waals surface area (Å²) in [5.41, 5.74) is 1.37. The summed E-state index contributed by atoms with van der Waals surface area (Å²) in [4.78, 5) is 4.76. The second-order valence-corrected chi connectivity index (χ2v) is 4.87. The van der Waals surface area contributed by atoms with E-state index in [4.69, 9.17) is 5.11 Å². The minimum atomic E-state index is 0.273. The van der Waals surface area contributed by atoms with E-state index in [-0.39, 0.29) is 6.61 Å². The van der Waals surface area contributed by atoms with Crippen LogP contribution in [0.5, 0.6) is 0 Å². The molecule has 1 heterocycles. The SMILES string of the molecule is CN(Cc1ccccc1)[C@H]1CCN(CCO)C1. The van der Waals surface area contributed by atoms with Gasteiger partial charge < -0.3 is 5.11 Å². The molecular weight excluding hydrogens is 212 g/mol. The van der Waals surface area contributed by atoms with Gasteiger partial charge in [-0.05, 0) is 25.6 Å². The molecule has 0 unspecified atom stereocenters. The van der Waals surface area contributed by atoms with Gasteiger partial charge in [0.05, 0.1) is 6.61 Å². The zero-order valence-corrected chi connectivity index (χ0v) is 10.5. The van der Waals surface area contributed by atoms with Crippen LogP contribution in [0, 0.1) is 0 Å². The van der Waals surface area contributed by atoms with E-state index in [0.29, 0.717) is 6.04 Å². The summed E-state index contributed by atoms with van der Waals surface area (Å²) in [6.07, 6.45) is 1.21. The molecule has 1 fully saturated rings. The third-order valence-corrected chi connectivity index (χ3v) is 3.56. The number of hydrogen-bond donors (Lipinski definition) is 1. The van der Waals surface area contributed by atoms with Crippen molar-refractivity contribution in [1.29, 1.82) is 0 Å². The van der Waals surface area contributed by atoms with Gasteiger partial charge in [-0.2, -0.15) is 0 Å². The van der Waals surface area contributed by atoms with E-state index in [1.54, 1.807) is 0 Å². The topological polar surface area (TPSA) is 26.7 Å². The maximum absolute atomic E-state index is 8.93. The van der Waals surface area contributed by atoms with Crippen molar-refractivity contribution in [1.82, 2.24) is 9.80 Å². The van der Waals surface area contributed by atoms with Gasteiger partial charge in [0.2, 0.25) is 0 Å². The Morgan fingerprint density at radius 2 is 2.12 bits per heavy atom. The molecule has 0 saturated carbocycles. The van der Waals surface area contributed by atoms with Gasteiger partial charge in [-0.15, -0.1) is 0 Å². The van der Waals surface area contributed by atoms with Gasteiger partial charge in [-0.1, -0.05) is 30.3 Å². The highest BCUT2D eigenvalue weighted by Gasteiger charge is 2.24. The molecule has 0 amide bonds. The molecule has 0 bridgehead atoms. The Bertz CT molecular complexity index is 328. The first-order valence-electron chi connectivity index (χ1n) is 6.37. The summed E-state index contributed by atoms with van der Waals surface area (Å²) in [6, 6.07) is 11.2. The van der Waals surface area contributed by atoms with Crippen LogP contribution < -0.4 is 0 Å². The fourth-order valence-electron chi connectivity index (χ4n) is 2.52. The maximum atomic E-state index is 8.93. The summed E-state index contributed by atoms with van der Waals surface area (Å²) < 4.78 is 0. The molecule has 2 rings (SSSR count). The van der Waals surface area contributed by atoms with Crippen LogP contribution in [-0.2, 0) is 6.54 Å². The molecule has 94 valence electrons. The first kappa shape index (κ1) is 12.6. The van der Waals surface area contributed by atoms with Crippen LogP contribution in [0.2, 0.25) is 0 Å². The number of rotatable bonds is 5. The molecule has 0 aromatic heterocycles. The standard InChI is InChI=1S/C14H22N2O/c1-15(11-13-5-3-2-4-6-13)14-7-8-16(12-14)9-10-17/h2-6,14,17H,7-12H2,1H3/t14-/m0/s1. The average Bonchev–Trinajstić information content (AvgIpc) is 2.79. The predicted octanol–water partition coefficient (Wildman–Crippen LogP) is 1.19. The lowest BCUT2D eigenvalue weighted by molar-refractivity contribution is 0.195. The first-order valence-corrected chi connectivity index (χ1v) is 6.37. The molecule has 1 saturated heterocycles. The van der Waals surface area contributed by atoms with E-state index >= 15 is 0 Å². The number of benzene rings is 1. The second kappa shape index (κ2) is 6.15. The Balaban J connectivity index is 1.83. The highest BCUT2D eigenvalue weighted by Crippen LogP contribution is 2.16. The van der Waals surface area contributed by atoms with Crippen LogP contribution in [0.25, 0.3) is 0 Å². The van der Waals surface area contributed by atoms with Crippen LogP contribution in [0.1, 0.15) is 12.0 Å². The van der Waals surface area contributed by atoms with Gasteiger partial charge >= 0.3 is 0 Å².